The van der Waals surface area contributed by atoms with E-state index in [4.69, 9.17) is 0 Å². The lowest BCUT2D eigenvalue weighted by Gasteiger charge is -2.32. The van der Waals surface area contributed by atoms with Crippen molar-refractivity contribution in [1.82, 2.24) is 0 Å². The summed E-state index contributed by atoms with van der Waals surface area (Å²) in [6.45, 7) is 12.2. The summed E-state index contributed by atoms with van der Waals surface area (Å²) in [7, 11) is -4.13. The van der Waals surface area contributed by atoms with Crippen molar-refractivity contribution in [3.63, 3.8) is 0 Å². The molecule has 0 spiro atoms. The van der Waals surface area contributed by atoms with Gasteiger partial charge < -0.3 is 0 Å². The Morgan fingerprint density at radius 1 is 1.11 bits per heavy atom. The lowest BCUT2D eigenvalue weighted by Crippen LogP contribution is -2.25. The Bertz CT molecular complexity index is 493. The van der Waals surface area contributed by atoms with Gasteiger partial charge in [-0.25, -0.2) is 0 Å². The standard InChI is InChI=1S/C15H26O3S/c1-9(2)12-7-13(10(3)4)15(19(16,17)18)14(8-12)11(5)6/h7,9-11,14H,8H2,1-6H3,(H,16,17,18). The van der Waals surface area contributed by atoms with Crippen LogP contribution in [0.15, 0.2) is 22.1 Å². The molecule has 1 atom stereocenters. The van der Waals surface area contributed by atoms with E-state index in [9.17, 15) is 13.0 Å². The van der Waals surface area contributed by atoms with Crippen LogP contribution in [0.25, 0.3) is 0 Å². The lowest BCUT2D eigenvalue weighted by molar-refractivity contribution is 0.409. The van der Waals surface area contributed by atoms with E-state index in [0.717, 1.165) is 12.0 Å². The molecule has 1 aliphatic rings. The number of rotatable bonds is 4. The molecule has 0 saturated carbocycles. The van der Waals surface area contributed by atoms with Crippen LogP contribution in [0.5, 0.6) is 0 Å². The summed E-state index contributed by atoms with van der Waals surface area (Å²) in [4.78, 5) is 0.238. The second kappa shape index (κ2) is 5.80. The lowest BCUT2D eigenvalue weighted by atomic mass is 9.77. The molecule has 1 rings (SSSR count). The SMILES string of the molecule is CC(C)C1=CC(C(C)C)=C(S(=O)(=O)O)C(C(C)C)C1. The van der Waals surface area contributed by atoms with Crippen molar-refractivity contribution in [2.75, 3.05) is 0 Å². The third-order valence-electron chi connectivity index (χ3n) is 3.86. The van der Waals surface area contributed by atoms with Gasteiger partial charge in [-0.15, -0.1) is 0 Å². The highest BCUT2D eigenvalue weighted by molar-refractivity contribution is 7.89. The first-order valence-corrected chi connectivity index (χ1v) is 8.41. The minimum atomic E-state index is -4.13. The van der Waals surface area contributed by atoms with Gasteiger partial charge in [0.25, 0.3) is 10.1 Å². The van der Waals surface area contributed by atoms with Gasteiger partial charge >= 0.3 is 0 Å². The third kappa shape index (κ3) is 3.69. The molecule has 0 heterocycles. The number of allylic oxidation sites excluding steroid dienone is 4. The van der Waals surface area contributed by atoms with Crippen LogP contribution < -0.4 is 0 Å². The molecule has 0 aliphatic heterocycles. The highest BCUT2D eigenvalue weighted by Gasteiger charge is 2.34. The summed E-state index contributed by atoms with van der Waals surface area (Å²) >= 11 is 0. The van der Waals surface area contributed by atoms with Gasteiger partial charge in [-0.2, -0.15) is 8.42 Å². The van der Waals surface area contributed by atoms with Gasteiger partial charge in [0.15, 0.2) is 0 Å². The van der Waals surface area contributed by atoms with Crippen LogP contribution in [0.3, 0.4) is 0 Å². The van der Waals surface area contributed by atoms with Crippen molar-refractivity contribution in [3.8, 4) is 0 Å². The highest BCUT2D eigenvalue weighted by Crippen LogP contribution is 2.41. The molecule has 0 aromatic carbocycles. The summed E-state index contributed by atoms with van der Waals surface area (Å²) < 4.78 is 33.1. The third-order valence-corrected chi connectivity index (χ3v) is 4.96. The van der Waals surface area contributed by atoms with E-state index in [1.54, 1.807) is 0 Å². The quantitative estimate of drug-likeness (QED) is 0.793. The zero-order valence-electron chi connectivity index (χ0n) is 12.8. The molecule has 4 heteroatoms. The van der Waals surface area contributed by atoms with E-state index in [-0.39, 0.29) is 22.7 Å². The van der Waals surface area contributed by atoms with Crippen LogP contribution in [0.1, 0.15) is 48.0 Å². The predicted octanol–water partition coefficient (Wildman–Crippen LogP) is 4.04. The minimum absolute atomic E-state index is 0.0900. The molecule has 0 radical (unpaired) electrons. The Balaban J connectivity index is 3.52. The van der Waals surface area contributed by atoms with Crippen LogP contribution >= 0.6 is 0 Å². The van der Waals surface area contributed by atoms with E-state index in [1.165, 1.54) is 5.57 Å². The van der Waals surface area contributed by atoms with Crippen LogP contribution in [0, 0.1) is 23.7 Å². The first-order valence-electron chi connectivity index (χ1n) is 6.97. The number of hydrogen-bond acceptors (Lipinski definition) is 2. The van der Waals surface area contributed by atoms with E-state index >= 15 is 0 Å². The Labute approximate surface area is 117 Å². The fourth-order valence-electron chi connectivity index (χ4n) is 2.62. The summed E-state index contributed by atoms with van der Waals surface area (Å²) in [5, 5.41) is 0. The Hall–Kier alpha value is -0.610. The zero-order valence-corrected chi connectivity index (χ0v) is 13.6. The average Bonchev–Trinajstić information content (AvgIpc) is 2.25. The van der Waals surface area contributed by atoms with Crippen molar-refractivity contribution in [3.05, 3.63) is 22.1 Å². The van der Waals surface area contributed by atoms with E-state index in [0.29, 0.717) is 5.92 Å². The fourth-order valence-corrected chi connectivity index (χ4v) is 3.95. The molecule has 0 amide bonds. The summed E-state index contributed by atoms with van der Waals surface area (Å²) in [5.41, 5.74) is 2.05. The van der Waals surface area contributed by atoms with Crippen molar-refractivity contribution in [2.24, 2.45) is 23.7 Å². The first kappa shape index (κ1) is 16.4. The van der Waals surface area contributed by atoms with Gasteiger partial charge in [0.05, 0.1) is 4.91 Å². The van der Waals surface area contributed by atoms with E-state index in [2.05, 4.69) is 13.8 Å². The van der Waals surface area contributed by atoms with Crippen molar-refractivity contribution in [1.29, 1.82) is 0 Å². The Kier molecular flexibility index (Phi) is 5.02. The molecule has 19 heavy (non-hydrogen) atoms. The summed E-state index contributed by atoms with van der Waals surface area (Å²) in [6, 6.07) is 0. The van der Waals surface area contributed by atoms with Gasteiger partial charge in [0, 0.05) is 5.92 Å². The maximum absolute atomic E-state index is 11.8. The van der Waals surface area contributed by atoms with Gasteiger partial charge in [0.1, 0.15) is 0 Å². The summed E-state index contributed by atoms with van der Waals surface area (Å²) in [5.74, 6) is 0.563. The second-order valence-corrected chi connectivity index (χ2v) is 7.77. The van der Waals surface area contributed by atoms with E-state index in [1.807, 2.05) is 33.8 Å². The molecule has 1 N–H and O–H groups in total. The highest BCUT2D eigenvalue weighted by atomic mass is 32.2. The maximum Gasteiger partial charge on any atom is 0.291 e. The second-order valence-electron chi connectivity index (χ2n) is 6.38. The molecule has 3 nitrogen and oxygen atoms in total. The smallest absolute Gasteiger partial charge is 0.282 e. The van der Waals surface area contributed by atoms with E-state index < -0.39 is 10.1 Å². The Morgan fingerprint density at radius 2 is 1.63 bits per heavy atom. The van der Waals surface area contributed by atoms with Crippen molar-refractivity contribution < 1.29 is 13.0 Å². The largest absolute Gasteiger partial charge is 0.291 e. The molecule has 1 unspecified atom stereocenters. The molecule has 110 valence electrons. The molecule has 0 fully saturated rings. The zero-order chi connectivity index (χ0) is 15.0. The molecule has 0 aromatic heterocycles. The van der Waals surface area contributed by atoms with Crippen molar-refractivity contribution in [2.45, 2.75) is 48.0 Å². The van der Waals surface area contributed by atoms with Crippen LogP contribution in [-0.2, 0) is 10.1 Å². The van der Waals surface area contributed by atoms with Crippen molar-refractivity contribution >= 4 is 10.1 Å². The predicted molar refractivity (Wildman–Crippen MR) is 79.3 cm³/mol. The van der Waals surface area contributed by atoms with Gasteiger partial charge in [-0.05, 0) is 29.7 Å². The minimum Gasteiger partial charge on any atom is -0.282 e. The first-order chi connectivity index (χ1) is 8.55. The Morgan fingerprint density at radius 3 is 1.95 bits per heavy atom. The maximum atomic E-state index is 11.8. The molecule has 0 bridgehead atoms. The van der Waals surface area contributed by atoms with Crippen LogP contribution in [0.4, 0.5) is 0 Å². The monoisotopic (exact) mass is 286 g/mol. The average molecular weight is 286 g/mol. The molecule has 0 aromatic rings. The number of hydrogen-bond donors (Lipinski definition) is 1. The van der Waals surface area contributed by atoms with Gasteiger partial charge in [-0.3, -0.25) is 4.55 Å². The fraction of sp³-hybridized carbons (Fsp3) is 0.733. The molecular formula is C15H26O3S. The topological polar surface area (TPSA) is 54.4 Å². The van der Waals surface area contributed by atoms with Gasteiger partial charge in [0.2, 0.25) is 0 Å². The molecule has 0 saturated heterocycles. The summed E-state index contributed by atoms with van der Waals surface area (Å²) in [6.07, 6.45) is 2.71. The van der Waals surface area contributed by atoms with Crippen LogP contribution in [-0.4, -0.2) is 13.0 Å². The molecule has 1 aliphatic carbocycles. The van der Waals surface area contributed by atoms with Gasteiger partial charge in [-0.1, -0.05) is 53.2 Å². The normalized spacial score (nSPS) is 21.6. The van der Waals surface area contributed by atoms with Crippen LogP contribution in [0.2, 0.25) is 0 Å². The molecular weight excluding hydrogens is 260 g/mol.